The average Bonchev–Trinajstić information content (AvgIpc) is 3.26. The van der Waals surface area contributed by atoms with Crippen LogP contribution in [0.4, 0.5) is 0 Å². The van der Waals surface area contributed by atoms with Gasteiger partial charge in [0.05, 0.1) is 29.6 Å². The van der Waals surface area contributed by atoms with Crippen molar-refractivity contribution in [3.63, 3.8) is 0 Å². The molecule has 0 radical (unpaired) electrons. The fourth-order valence-electron chi connectivity index (χ4n) is 7.34. The zero-order chi connectivity index (χ0) is 18.5. The van der Waals surface area contributed by atoms with Crippen LogP contribution in [0, 0.1) is 23.7 Å². The molecule has 7 fully saturated rings. The molecule has 7 aliphatic rings. The minimum atomic E-state index is -0.738. The van der Waals surface area contributed by atoms with Crippen LogP contribution in [0.1, 0.15) is 39.0 Å². The summed E-state index contributed by atoms with van der Waals surface area (Å²) >= 11 is 0. The number of likely N-dealkylation sites (tertiary alicyclic amines) is 1. The number of fused-ring (bicyclic) bond motifs is 5. The lowest BCUT2D eigenvalue weighted by atomic mass is 9.64. The van der Waals surface area contributed by atoms with E-state index in [1.54, 1.807) is 6.92 Å². The Morgan fingerprint density at radius 3 is 2.26 bits per heavy atom. The number of rotatable bonds is 3. The molecule has 0 aromatic rings. The Labute approximate surface area is 158 Å². The summed E-state index contributed by atoms with van der Waals surface area (Å²) in [4.78, 5) is 42.7. The Kier molecular flexibility index (Phi) is 3.25. The number of carbonyl (C=O) groups is 3. The molecule has 7 rings (SSSR count). The number of ether oxygens (including phenoxy) is 1. The van der Waals surface area contributed by atoms with Crippen molar-refractivity contribution >= 4 is 17.7 Å². The van der Waals surface area contributed by atoms with Gasteiger partial charge in [-0.05, 0) is 50.9 Å². The first-order chi connectivity index (χ1) is 12.9. The largest absolute Gasteiger partial charge is 0.373 e. The molecular formula is C20H27N3O4. The Morgan fingerprint density at radius 2 is 1.70 bits per heavy atom. The van der Waals surface area contributed by atoms with Crippen LogP contribution in [0.2, 0.25) is 0 Å². The first-order valence-corrected chi connectivity index (χ1v) is 10.5. The molecule has 27 heavy (non-hydrogen) atoms. The molecule has 9 atom stereocenters. The van der Waals surface area contributed by atoms with Gasteiger partial charge in [-0.1, -0.05) is 0 Å². The van der Waals surface area contributed by atoms with Crippen molar-refractivity contribution in [2.75, 3.05) is 19.6 Å². The van der Waals surface area contributed by atoms with E-state index in [-0.39, 0.29) is 47.3 Å². The van der Waals surface area contributed by atoms with E-state index in [4.69, 9.17) is 4.74 Å². The lowest BCUT2D eigenvalue weighted by Gasteiger charge is -2.58. The molecule has 6 saturated heterocycles. The average molecular weight is 373 g/mol. The maximum absolute atomic E-state index is 13.1. The van der Waals surface area contributed by atoms with Crippen LogP contribution in [0.5, 0.6) is 0 Å². The van der Waals surface area contributed by atoms with Crippen molar-refractivity contribution < 1.29 is 19.1 Å². The molecule has 1 saturated carbocycles. The van der Waals surface area contributed by atoms with E-state index < -0.39 is 6.04 Å². The van der Waals surface area contributed by atoms with E-state index in [1.165, 1.54) is 11.3 Å². The zero-order valence-corrected chi connectivity index (χ0v) is 15.7. The first kappa shape index (κ1) is 16.5. The molecule has 7 heteroatoms. The molecule has 7 unspecified atom stereocenters. The Morgan fingerprint density at radius 1 is 1.11 bits per heavy atom. The zero-order valence-electron chi connectivity index (χ0n) is 15.7. The number of piperidine rings is 3. The van der Waals surface area contributed by atoms with Gasteiger partial charge in [-0.25, -0.2) is 0 Å². The third-order valence-electron chi connectivity index (χ3n) is 8.06. The van der Waals surface area contributed by atoms with Crippen LogP contribution in [-0.2, 0) is 19.1 Å². The van der Waals surface area contributed by atoms with E-state index in [2.05, 4.69) is 10.2 Å². The third-order valence-corrected chi connectivity index (χ3v) is 8.06. The second kappa shape index (κ2) is 5.32. The van der Waals surface area contributed by atoms with Gasteiger partial charge in [-0.3, -0.25) is 19.3 Å². The van der Waals surface area contributed by atoms with Crippen LogP contribution in [0.3, 0.4) is 0 Å². The number of hydrogen-bond acceptors (Lipinski definition) is 5. The predicted molar refractivity (Wildman–Crippen MR) is 94.3 cm³/mol. The minimum Gasteiger partial charge on any atom is -0.373 e. The van der Waals surface area contributed by atoms with Crippen molar-refractivity contribution in [2.24, 2.45) is 23.7 Å². The van der Waals surface area contributed by atoms with Crippen molar-refractivity contribution in [1.82, 2.24) is 15.1 Å². The quantitative estimate of drug-likeness (QED) is 0.712. The Bertz CT molecular complexity index is 673. The monoisotopic (exact) mass is 373 g/mol. The van der Waals surface area contributed by atoms with E-state index in [0.717, 1.165) is 45.3 Å². The number of amides is 3. The summed E-state index contributed by atoms with van der Waals surface area (Å²) in [6.45, 7) is 4.91. The second-order valence-electron chi connectivity index (χ2n) is 9.90. The highest BCUT2D eigenvalue weighted by Gasteiger charge is 2.63. The van der Waals surface area contributed by atoms with E-state index in [9.17, 15) is 14.4 Å². The summed E-state index contributed by atoms with van der Waals surface area (Å²) in [5.74, 6) is 0.0405. The van der Waals surface area contributed by atoms with Gasteiger partial charge in [0.2, 0.25) is 17.7 Å². The normalized spacial score (nSPS) is 50.4. The molecule has 6 aliphatic heterocycles. The predicted octanol–water partition coefficient (Wildman–Crippen LogP) is 0.138. The number of hydrogen-bond donors (Lipinski definition) is 1. The second-order valence-corrected chi connectivity index (χ2v) is 9.90. The van der Waals surface area contributed by atoms with Gasteiger partial charge < -0.3 is 15.0 Å². The maximum Gasteiger partial charge on any atom is 0.243 e. The summed E-state index contributed by atoms with van der Waals surface area (Å²) in [6, 6.07) is -0.738. The van der Waals surface area contributed by atoms with Crippen molar-refractivity contribution in [1.29, 1.82) is 0 Å². The summed E-state index contributed by atoms with van der Waals surface area (Å²) in [5.41, 5.74) is -0.167. The molecule has 7 nitrogen and oxygen atoms in total. The van der Waals surface area contributed by atoms with Crippen LogP contribution < -0.4 is 5.32 Å². The summed E-state index contributed by atoms with van der Waals surface area (Å²) in [5, 5.41) is 3.29. The van der Waals surface area contributed by atoms with Gasteiger partial charge in [0, 0.05) is 19.6 Å². The van der Waals surface area contributed by atoms with Crippen molar-refractivity contribution in [2.45, 2.75) is 62.8 Å². The number of carbonyl (C=O) groups excluding carboxylic acids is 3. The van der Waals surface area contributed by atoms with Gasteiger partial charge in [-0.2, -0.15) is 0 Å². The van der Waals surface area contributed by atoms with Gasteiger partial charge in [0.1, 0.15) is 6.04 Å². The van der Waals surface area contributed by atoms with E-state index >= 15 is 0 Å². The Balaban J connectivity index is 1.20. The molecule has 1 aliphatic carbocycles. The van der Waals surface area contributed by atoms with Crippen molar-refractivity contribution in [3.8, 4) is 0 Å². The molecular weight excluding hydrogens is 346 g/mol. The van der Waals surface area contributed by atoms with Crippen LogP contribution in [0.25, 0.3) is 0 Å². The number of nitrogens with zero attached hydrogens (tertiary/aromatic N) is 2. The number of imide groups is 1. The van der Waals surface area contributed by atoms with Crippen LogP contribution in [0.15, 0.2) is 0 Å². The van der Waals surface area contributed by atoms with Gasteiger partial charge in [-0.15, -0.1) is 0 Å². The molecule has 0 spiro atoms. The molecule has 6 bridgehead atoms. The molecule has 146 valence electrons. The van der Waals surface area contributed by atoms with Crippen LogP contribution in [-0.4, -0.2) is 70.9 Å². The minimum absolute atomic E-state index is 0.132. The third kappa shape index (κ3) is 2.18. The highest BCUT2D eigenvalue weighted by molar-refractivity contribution is 6.09. The maximum atomic E-state index is 13.1. The van der Waals surface area contributed by atoms with Gasteiger partial charge in [0.15, 0.2) is 0 Å². The summed E-state index contributed by atoms with van der Waals surface area (Å²) in [7, 11) is 0. The van der Waals surface area contributed by atoms with Gasteiger partial charge in [0.25, 0.3) is 0 Å². The lowest BCUT2D eigenvalue weighted by molar-refractivity contribution is -0.151. The lowest BCUT2D eigenvalue weighted by Crippen LogP contribution is -2.70. The molecule has 6 heterocycles. The fraction of sp³-hybridized carbons (Fsp3) is 0.850. The Hall–Kier alpha value is -1.47. The smallest absolute Gasteiger partial charge is 0.243 e. The molecule has 1 N–H and O–H groups in total. The van der Waals surface area contributed by atoms with Crippen LogP contribution >= 0.6 is 0 Å². The SMILES string of the molecule is CC(C(=O)NC12C[C@@H]3C[C@@H](CN(C3)C1)C2)N1C(=O)C2C3CCC(O3)C2C1=O. The topological polar surface area (TPSA) is 79.0 Å². The molecule has 3 amide bonds. The standard InChI is InChI=1S/C20H27N3O4/c1-10(23-18(25)15-13-2-3-14(27-13)16(15)19(23)26)17(24)21-20-5-11-4-12(6-20)8-22(7-11)9-20/h10-16H,2-9H2,1H3,(H,21,24)/t10?,11-,12+,13?,14?,15?,16?,20?. The highest BCUT2D eigenvalue weighted by atomic mass is 16.5. The fourth-order valence-corrected chi connectivity index (χ4v) is 7.34. The molecule has 0 aromatic heterocycles. The summed E-state index contributed by atoms with van der Waals surface area (Å²) in [6.07, 6.45) is 4.77. The van der Waals surface area contributed by atoms with E-state index in [0.29, 0.717) is 11.8 Å². The van der Waals surface area contributed by atoms with Gasteiger partial charge >= 0.3 is 0 Å². The first-order valence-electron chi connectivity index (χ1n) is 10.5. The summed E-state index contributed by atoms with van der Waals surface area (Å²) < 4.78 is 5.79. The molecule has 0 aromatic carbocycles. The highest BCUT2D eigenvalue weighted by Crippen LogP contribution is 2.49. The number of nitrogens with one attached hydrogen (secondary N) is 1. The van der Waals surface area contributed by atoms with Crippen molar-refractivity contribution in [3.05, 3.63) is 0 Å². The van der Waals surface area contributed by atoms with E-state index in [1.807, 2.05) is 0 Å².